The van der Waals surface area contributed by atoms with Crippen LogP contribution in [-0.2, 0) is 0 Å². The molecule has 1 aromatic carbocycles. The van der Waals surface area contributed by atoms with Crippen molar-refractivity contribution >= 4 is 5.69 Å². The van der Waals surface area contributed by atoms with Crippen molar-refractivity contribution in [2.45, 2.75) is 52.0 Å². The lowest BCUT2D eigenvalue weighted by molar-refractivity contribution is 0.564. The lowest BCUT2D eigenvalue weighted by atomic mass is 10.0. The van der Waals surface area contributed by atoms with Crippen molar-refractivity contribution in [3.05, 3.63) is 30.3 Å². The smallest absolute Gasteiger partial charge is 0.0342 e. The number of unbranched alkanes of at least 4 members (excludes halogenated alkanes) is 1. The number of hydrogen-bond acceptors (Lipinski definition) is 1. The second kappa shape index (κ2) is 7.33. The number of benzene rings is 1. The molecule has 0 saturated heterocycles. The minimum atomic E-state index is 0.636. The maximum Gasteiger partial charge on any atom is 0.0342 e. The van der Waals surface area contributed by atoms with Crippen molar-refractivity contribution in [3.8, 4) is 0 Å². The van der Waals surface area contributed by atoms with Crippen LogP contribution in [0.1, 0.15) is 46.0 Å². The van der Waals surface area contributed by atoms with E-state index in [1.807, 2.05) is 12.1 Å². The summed E-state index contributed by atoms with van der Waals surface area (Å²) in [6, 6.07) is 11.8. The Morgan fingerprint density at radius 2 is 1.87 bits per heavy atom. The van der Waals surface area contributed by atoms with Crippen molar-refractivity contribution in [1.29, 1.82) is 0 Å². The Morgan fingerprint density at radius 1 is 1.13 bits per heavy atom. The summed E-state index contributed by atoms with van der Waals surface area (Å²) < 4.78 is 0. The third-order valence-electron chi connectivity index (χ3n) is 2.63. The van der Waals surface area contributed by atoms with Crippen LogP contribution in [0.2, 0.25) is 0 Å². The van der Waals surface area contributed by atoms with Crippen LogP contribution in [0.15, 0.2) is 24.3 Å². The lowest BCUT2D eigenvalue weighted by Crippen LogP contribution is -2.18. The van der Waals surface area contributed by atoms with Crippen molar-refractivity contribution in [2.24, 2.45) is 0 Å². The number of nitrogens with one attached hydrogen (secondary N) is 1. The minimum Gasteiger partial charge on any atom is -0.382 e. The number of anilines is 1. The molecular weight excluding hydrogens is 182 g/mol. The van der Waals surface area contributed by atoms with Crippen molar-refractivity contribution < 1.29 is 0 Å². The maximum atomic E-state index is 3.59. The van der Waals surface area contributed by atoms with Crippen LogP contribution in [0.3, 0.4) is 0 Å². The molecule has 1 radical (unpaired) electrons. The first-order valence-corrected chi connectivity index (χ1v) is 6.09. The van der Waals surface area contributed by atoms with Crippen LogP contribution in [0.25, 0.3) is 0 Å². The average molecular weight is 204 g/mol. The summed E-state index contributed by atoms with van der Waals surface area (Å²) in [6.07, 6.45) is 6.39. The summed E-state index contributed by atoms with van der Waals surface area (Å²) in [4.78, 5) is 0. The highest BCUT2D eigenvalue weighted by atomic mass is 14.9. The molecule has 0 fully saturated rings. The molecule has 0 aromatic heterocycles. The van der Waals surface area contributed by atoms with Gasteiger partial charge in [-0.05, 0) is 31.0 Å². The molecule has 0 spiro atoms. The topological polar surface area (TPSA) is 12.0 Å². The third kappa shape index (κ3) is 4.87. The number of rotatable bonds is 7. The van der Waals surface area contributed by atoms with Gasteiger partial charge in [-0.3, -0.25) is 0 Å². The molecule has 1 heteroatoms. The van der Waals surface area contributed by atoms with Crippen LogP contribution in [0.4, 0.5) is 5.69 Å². The molecule has 83 valence electrons. The van der Waals surface area contributed by atoms with E-state index in [1.54, 1.807) is 0 Å². The average Bonchev–Trinajstić information content (AvgIpc) is 2.28. The summed E-state index contributed by atoms with van der Waals surface area (Å²) in [5, 5.41) is 3.59. The van der Waals surface area contributed by atoms with Gasteiger partial charge in [0, 0.05) is 11.7 Å². The first-order chi connectivity index (χ1) is 7.36. The molecule has 1 unspecified atom stereocenters. The van der Waals surface area contributed by atoms with Gasteiger partial charge in [0.15, 0.2) is 0 Å². The molecule has 1 atom stereocenters. The zero-order valence-electron chi connectivity index (χ0n) is 9.92. The molecule has 0 bridgehead atoms. The zero-order chi connectivity index (χ0) is 10.9. The highest BCUT2D eigenvalue weighted by Gasteiger charge is 2.05. The highest BCUT2D eigenvalue weighted by molar-refractivity contribution is 5.43. The van der Waals surface area contributed by atoms with Gasteiger partial charge in [0.05, 0.1) is 0 Å². The van der Waals surface area contributed by atoms with Crippen LogP contribution >= 0.6 is 0 Å². The van der Waals surface area contributed by atoms with Gasteiger partial charge in [-0.2, -0.15) is 0 Å². The summed E-state index contributed by atoms with van der Waals surface area (Å²) in [6.45, 7) is 4.50. The molecule has 15 heavy (non-hydrogen) atoms. The van der Waals surface area contributed by atoms with Gasteiger partial charge in [0.2, 0.25) is 0 Å². The molecule has 1 nitrogen and oxygen atoms in total. The fourth-order valence-corrected chi connectivity index (χ4v) is 1.81. The molecule has 0 aliphatic carbocycles. The molecule has 1 rings (SSSR count). The van der Waals surface area contributed by atoms with Gasteiger partial charge >= 0.3 is 0 Å². The Hall–Kier alpha value is -0.980. The van der Waals surface area contributed by atoms with E-state index in [1.165, 1.54) is 37.8 Å². The Morgan fingerprint density at radius 3 is 2.47 bits per heavy atom. The zero-order valence-corrected chi connectivity index (χ0v) is 9.92. The fourth-order valence-electron chi connectivity index (χ4n) is 1.81. The quantitative estimate of drug-likeness (QED) is 0.700. The molecule has 0 saturated carbocycles. The SMILES string of the molecule is CCCCC(CCC)Nc1cc[c]cc1. The molecule has 0 amide bonds. The summed E-state index contributed by atoms with van der Waals surface area (Å²) >= 11 is 0. The molecule has 0 aliphatic rings. The molecule has 0 heterocycles. The Labute approximate surface area is 93.9 Å². The van der Waals surface area contributed by atoms with E-state index in [0.29, 0.717) is 6.04 Å². The van der Waals surface area contributed by atoms with Crippen LogP contribution in [0.5, 0.6) is 0 Å². The van der Waals surface area contributed by atoms with Crippen LogP contribution < -0.4 is 5.32 Å². The van der Waals surface area contributed by atoms with E-state index in [2.05, 4.69) is 37.4 Å². The van der Waals surface area contributed by atoms with Crippen molar-refractivity contribution in [3.63, 3.8) is 0 Å². The van der Waals surface area contributed by atoms with Gasteiger partial charge in [0.1, 0.15) is 0 Å². The summed E-state index contributed by atoms with van der Waals surface area (Å²) in [5.41, 5.74) is 1.23. The molecule has 1 aromatic rings. The van der Waals surface area contributed by atoms with Crippen LogP contribution in [0, 0.1) is 6.07 Å². The summed E-state index contributed by atoms with van der Waals surface area (Å²) in [5.74, 6) is 0. The van der Waals surface area contributed by atoms with Gasteiger partial charge in [-0.15, -0.1) is 0 Å². The van der Waals surface area contributed by atoms with Gasteiger partial charge in [0.25, 0.3) is 0 Å². The standard InChI is InChI=1S/C14H22N/c1-3-5-10-13(9-4-2)15-14-11-7-6-8-12-14/h7-8,11-13,15H,3-5,9-10H2,1-2H3. The first-order valence-electron chi connectivity index (χ1n) is 6.09. The van der Waals surface area contributed by atoms with Gasteiger partial charge in [-0.25, -0.2) is 0 Å². The predicted molar refractivity (Wildman–Crippen MR) is 67.1 cm³/mol. The Bertz CT molecular complexity index is 243. The first kappa shape index (κ1) is 12.1. The van der Waals surface area contributed by atoms with E-state index in [0.717, 1.165) is 0 Å². The van der Waals surface area contributed by atoms with E-state index in [-0.39, 0.29) is 0 Å². The van der Waals surface area contributed by atoms with Crippen molar-refractivity contribution in [2.75, 3.05) is 5.32 Å². The minimum absolute atomic E-state index is 0.636. The van der Waals surface area contributed by atoms with Crippen molar-refractivity contribution in [1.82, 2.24) is 0 Å². The van der Waals surface area contributed by atoms with E-state index < -0.39 is 0 Å². The second-order valence-electron chi connectivity index (χ2n) is 4.06. The van der Waals surface area contributed by atoms with Gasteiger partial charge in [-0.1, -0.05) is 45.2 Å². The Kier molecular flexibility index (Phi) is 5.91. The molecule has 1 N–H and O–H groups in total. The molecular formula is C14H22N. The maximum absolute atomic E-state index is 3.59. The van der Waals surface area contributed by atoms with E-state index in [9.17, 15) is 0 Å². The van der Waals surface area contributed by atoms with E-state index in [4.69, 9.17) is 0 Å². The normalized spacial score (nSPS) is 12.4. The predicted octanol–water partition coefficient (Wildman–Crippen LogP) is 4.26. The Balaban J connectivity index is 2.43. The lowest BCUT2D eigenvalue weighted by Gasteiger charge is -2.19. The number of hydrogen-bond donors (Lipinski definition) is 1. The highest BCUT2D eigenvalue weighted by Crippen LogP contribution is 2.14. The monoisotopic (exact) mass is 204 g/mol. The fraction of sp³-hybridized carbons (Fsp3) is 0.571. The largest absolute Gasteiger partial charge is 0.382 e. The molecule has 0 aliphatic heterocycles. The van der Waals surface area contributed by atoms with Gasteiger partial charge < -0.3 is 5.32 Å². The third-order valence-corrected chi connectivity index (χ3v) is 2.63. The second-order valence-corrected chi connectivity index (χ2v) is 4.06. The van der Waals surface area contributed by atoms with E-state index >= 15 is 0 Å². The summed E-state index contributed by atoms with van der Waals surface area (Å²) in [7, 11) is 0. The van der Waals surface area contributed by atoms with Crippen LogP contribution in [-0.4, -0.2) is 6.04 Å².